The van der Waals surface area contributed by atoms with Crippen LogP contribution in [0.2, 0.25) is 0 Å². The van der Waals surface area contributed by atoms with Crippen LogP contribution in [0.5, 0.6) is 0 Å². The van der Waals surface area contributed by atoms with Gasteiger partial charge in [-0.05, 0) is 23.8 Å². The van der Waals surface area contributed by atoms with Crippen LogP contribution in [0, 0.1) is 5.82 Å². The van der Waals surface area contributed by atoms with Gasteiger partial charge in [0.15, 0.2) is 0 Å². The Morgan fingerprint density at radius 2 is 2.18 bits per heavy atom. The van der Waals surface area contributed by atoms with Gasteiger partial charge in [0, 0.05) is 43.3 Å². The molecular weight excluding hydrogens is 285 g/mol. The third-order valence-electron chi connectivity index (χ3n) is 3.93. The molecule has 0 saturated carbocycles. The molecule has 1 aromatic carbocycles. The Labute approximate surface area is 128 Å². The lowest BCUT2D eigenvalue weighted by Crippen LogP contribution is -2.41. The van der Waals surface area contributed by atoms with Crippen LogP contribution in [0.25, 0.3) is 10.9 Å². The van der Waals surface area contributed by atoms with E-state index in [1.165, 1.54) is 12.1 Å². The van der Waals surface area contributed by atoms with Crippen LogP contribution in [0.15, 0.2) is 24.4 Å². The minimum atomic E-state index is -0.282. The number of nitrogens with one attached hydrogen (secondary N) is 2. The summed E-state index contributed by atoms with van der Waals surface area (Å²) in [6, 6.07) is 4.56. The first-order valence-corrected chi connectivity index (χ1v) is 7.55. The number of carbonyl (C=O) groups is 1. The summed E-state index contributed by atoms with van der Waals surface area (Å²) < 4.78 is 18.4. The summed E-state index contributed by atoms with van der Waals surface area (Å²) in [5, 5.41) is 3.83. The van der Waals surface area contributed by atoms with Gasteiger partial charge in [0.1, 0.15) is 5.82 Å². The molecule has 1 fully saturated rings. The van der Waals surface area contributed by atoms with Gasteiger partial charge in [-0.25, -0.2) is 4.39 Å². The number of ether oxygens (including phenoxy) is 1. The molecule has 1 saturated heterocycles. The first-order chi connectivity index (χ1) is 10.7. The highest BCUT2D eigenvalue weighted by Gasteiger charge is 2.12. The first-order valence-electron chi connectivity index (χ1n) is 7.55. The zero-order valence-corrected chi connectivity index (χ0v) is 12.4. The third kappa shape index (κ3) is 3.64. The highest BCUT2D eigenvalue weighted by molar-refractivity contribution is 5.88. The number of morpholine rings is 1. The standard InChI is InChI=1S/C16H20FN3O2/c17-13-1-2-14-12(11-19-15(14)10-13)9-16(21)18-3-4-20-5-7-22-8-6-20/h1-2,10-11,19H,3-9H2,(H,18,21). The molecule has 1 aromatic heterocycles. The molecule has 1 amide bonds. The van der Waals surface area contributed by atoms with Crippen molar-refractivity contribution in [2.24, 2.45) is 0 Å². The average Bonchev–Trinajstić information content (AvgIpc) is 2.90. The summed E-state index contributed by atoms with van der Waals surface area (Å²) in [4.78, 5) is 17.3. The lowest BCUT2D eigenvalue weighted by molar-refractivity contribution is -0.120. The minimum Gasteiger partial charge on any atom is -0.379 e. The molecule has 2 aromatic rings. The number of hydrogen-bond donors (Lipinski definition) is 2. The normalized spacial score (nSPS) is 16.0. The van der Waals surface area contributed by atoms with Gasteiger partial charge < -0.3 is 15.0 Å². The Hall–Kier alpha value is -1.92. The van der Waals surface area contributed by atoms with Crippen LogP contribution in [-0.2, 0) is 16.0 Å². The lowest BCUT2D eigenvalue weighted by Gasteiger charge is -2.26. The topological polar surface area (TPSA) is 57.4 Å². The molecule has 0 unspecified atom stereocenters. The molecule has 1 aliphatic rings. The fraction of sp³-hybridized carbons (Fsp3) is 0.438. The number of rotatable bonds is 5. The SMILES string of the molecule is O=C(Cc1c[nH]c2cc(F)ccc12)NCCN1CCOCC1. The number of carbonyl (C=O) groups excluding carboxylic acids is 1. The number of fused-ring (bicyclic) bond motifs is 1. The van der Waals surface area contributed by atoms with Gasteiger partial charge in [-0.3, -0.25) is 9.69 Å². The molecule has 22 heavy (non-hydrogen) atoms. The van der Waals surface area contributed by atoms with Crippen molar-refractivity contribution < 1.29 is 13.9 Å². The predicted octanol–water partition coefficient (Wildman–Crippen LogP) is 1.30. The second kappa shape index (κ2) is 6.89. The quantitative estimate of drug-likeness (QED) is 0.875. The highest BCUT2D eigenvalue weighted by Crippen LogP contribution is 2.19. The van der Waals surface area contributed by atoms with Crippen molar-refractivity contribution >= 4 is 16.8 Å². The molecule has 0 spiro atoms. The van der Waals surface area contributed by atoms with Crippen molar-refractivity contribution in [1.29, 1.82) is 0 Å². The van der Waals surface area contributed by atoms with E-state index in [0.717, 1.165) is 49.3 Å². The van der Waals surface area contributed by atoms with Crippen LogP contribution >= 0.6 is 0 Å². The third-order valence-corrected chi connectivity index (χ3v) is 3.93. The molecule has 3 rings (SSSR count). The molecule has 5 nitrogen and oxygen atoms in total. The number of hydrogen-bond acceptors (Lipinski definition) is 3. The summed E-state index contributed by atoms with van der Waals surface area (Å²) in [5.74, 6) is -0.297. The monoisotopic (exact) mass is 305 g/mol. The van der Waals surface area contributed by atoms with Crippen LogP contribution in [0.4, 0.5) is 4.39 Å². The average molecular weight is 305 g/mol. The summed E-state index contributed by atoms with van der Waals surface area (Å²) in [5.41, 5.74) is 1.61. The Morgan fingerprint density at radius 1 is 1.36 bits per heavy atom. The predicted molar refractivity (Wildman–Crippen MR) is 82.2 cm³/mol. The van der Waals surface area contributed by atoms with Crippen molar-refractivity contribution in [3.63, 3.8) is 0 Å². The van der Waals surface area contributed by atoms with E-state index in [1.807, 2.05) is 0 Å². The van der Waals surface area contributed by atoms with E-state index in [9.17, 15) is 9.18 Å². The van der Waals surface area contributed by atoms with Crippen molar-refractivity contribution in [2.45, 2.75) is 6.42 Å². The molecular formula is C16H20FN3O2. The maximum absolute atomic E-state index is 13.1. The van der Waals surface area contributed by atoms with E-state index in [0.29, 0.717) is 13.0 Å². The van der Waals surface area contributed by atoms with E-state index in [4.69, 9.17) is 4.74 Å². The summed E-state index contributed by atoms with van der Waals surface area (Å²) in [6.07, 6.45) is 2.07. The number of aromatic amines is 1. The number of halogens is 1. The van der Waals surface area contributed by atoms with E-state index in [2.05, 4.69) is 15.2 Å². The molecule has 0 radical (unpaired) electrons. The van der Waals surface area contributed by atoms with Gasteiger partial charge in [-0.2, -0.15) is 0 Å². The molecule has 0 aliphatic carbocycles. The number of nitrogens with zero attached hydrogens (tertiary/aromatic N) is 1. The minimum absolute atomic E-state index is 0.0153. The molecule has 6 heteroatoms. The number of aromatic nitrogens is 1. The summed E-state index contributed by atoms with van der Waals surface area (Å²) in [6.45, 7) is 4.84. The Bertz CT molecular complexity index is 650. The van der Waals surface area contributed by atoms with Crippen molar-refractivity contribution in [3.8, 4) is 0 Å². The second-order valence-corrected chi connectivity index (χ2v) is 5.48. The molecule has 1 aliphatic heterocycles. The maximum atomic E-state index is 13.1. The fourth-order valence-electron chi connectivity index (χ4n) is 2.72. The number of H-pyrrole nitrogens is 1. The van der Waals surface area contributed by atoms with Crippen LogP contribution in [-0.4, -0.2) is 55.2 Å². The van der Waals surface area contributed by atoms with Gasteiger partial charge in [0.2, 0.25) is 5.91 Å². The van der Waals surface area contributed by atoms with Gasteiger partial charge in [0.05, 0.1) is 19.6 Å². The molecule has 2 N–H and O–H groups in total. The van der Waals surface area contributed by atoms with Crippen LogP contribution in [0.3, 0.4) is 0 Å². The molecule has 2 heterocycles. The Kier molecular flexibility index (Phi) is 4.70. The first kappa shape index (κ1) is 15.0. The molecule has 0 bridgehead atoms. The fourth-order valence-corrected chi connectivity index (χ4v) is 2.72. The second-order valence-electron chi connectivity index (χ2n) is 5.48. The zero-order valence-electron chi connectivity index (χ0n) is 12.4. The van der Waals surface area contributed by atoms with Gasteiger partial charge in [-0.15, -0.1) is 0 Å². The van der Waals surface area contributed by atoms with Crippen molar-refractivity contribution in [3.05, 3.63) is 35.8 Å². The van der Waals surface area contributed by atoms with E-state index in [1.54, 1.807) is 12.3 Å². The summed E-state index contributed by atoms with van der Waals surface area (Å²) >= 11 is 0. The van der Waals surface area contributed by atoms with Crippen LogP contribution in [0.1, 0.15) is 5.56 Å². The maximum Gasteiger partial charge on any atom is 0.224 e. The van der Waals surface area contributed by atoms with Crippen molar-refractivity contribution in [2.75, 3.05) is 39.4 Å². The van der Waals surface area contributed by atoms with Crippen molar-refractivity contribution in [1.82, 2.24) is 15.2 Å². The number of amides is 1. The Balaban J connectivity index is 1.50. The molecule has 118 valence electrons. The largest absolute Gasteiger partial charge is 0.379 e. The summed E-state index contributed by atoms with van der Waals surface area (Å²) in [7, 11) is 0. The highest BCUT2D eigenvalue weighted by atomic mass is 19.1. The molecule has 0 atom stereocenters. The smallest absolute Gasteiger partial charge is 0.224 e. The van der Waals surface area contributed by atoms with Gasteiger partial charge in [0.25, 0.3) is 0 Å². The van der Waals surface area contributed by atoms with Crippen LogP contribution < -0.4 is 5.32 Å². The van der Waals surface area contributed by atoms with E-state index in [-0.39, 0.29) is 11.7 Å². The van der Waals surface area contributed by atoms with E-state index >= 15 is 0 Å². The van der Waals surface area contributed by atoms with E-state index < -0.39 is 0 Å². The zero-order chi connectivity index (χ0) is 15.4. The number of benzene rings is 1. The van der Waals surface area contributed by atoms with Gasteiger partial charge in [-0.1, -0.05) is 0 Å². The Morgan fingerprint density at radius 3 is 3.00 bits per heavy atom. The van der Waals surface area contributed by atoms with Gasteiger partial charge >= 0.3 is 0 Å². The lowest BCUT2D eigenvalue weighted by atomic mass is 10.1.